The number of aromatic nitrogens is 2. The summed E-state index contributed by atoms with van der Waals surface area (Å²) in [6, 6.07) is 46.2. The van der Waals surface area contributed by atoms with Crippen LogP contribution < -0.4 is 26.3 Å². The van der Waals surface area contributed by atoms with Gasteiger partial charge in [-0.05, 0) is 28.7 Å². The van der Waals surface area contributed by atoms with Crippen molar-refractivity contribution >= 4 is 49.6 Å². The molecule has 0 saturated heterocycles. The molecule has 4 aromatic carbocycles. The maximum absolute atomic E-state index is 14.6. The van der Waals surface area contributed by atoms with Gasteiger partial charge in [0.15, 0.2) is 7.14 Å². The zero-order chi connectivity index (χ0) is 33.7. The van der Waals surface area contributed by atoms with E-state index in [-0.39, 0.29) is 20.1 Å². The van der Waals surface area contributed by atoms with Crippen molar-refractivity contribution in [1.29, 1.82) is 0 Å². The quantitative estimate of drug-likeness (QED) is 0.0926. The Labute approximate surface area is 302 Å². The second kappa shape index (κ2) is 15.8. The van der Waals surface area contributed by atoms with Gasteiger partial charge in [-0.2, -0.15) is 0 Å². The van der Waals surface area contributed by atoms with Crippen molar-refractivity contribution in [3.8, 4) is 22.5 Å². The van der Waals surface area contributed by atoms with Gasteiger partial charge < -0.3 is 14.5 Å². The van der Waals surface area contributed by atoms with Crippen LogP contribution in [0.2, 0.25) is 39.3 Å². The van der Waals surface area contributed by atoms with Crippen LogP contribution in [0.5, 0.6) is 0 Å². The number of benzene rings is 4. The maximum atomic E-state index is 14.6. The molecule has 6 aromatic rings. The van der Waals surface area contributed by atoms with Crippen LogP contribution in [0.3, 0.4) is 0 Å². The van der Waals surface area contributed by atoms with E-state index in [0.717, 1.165) is 38.4 Å². The van der Waals surface area contributed by atoms with Gasteiger partial charge in [0.25, 0.3) is 0 Å². The number of aryl methyl sites for hydroxylation is 1. The second-order valence-electron chi connectivity index (χ2n) is 13.8. The fourth-order valence-electron chi connectivity index (χ4n) is 5.56. The van der Waals surface area contributed by atoms with E-state index in [4.69, 9.17) is 4.98 Å². The van der Waals surface area contributed by atoms with Crippen molar-refractivity contribution in [1.82, 2.24) is 9.97 Å². The van der Waals surface area contributed by atoms with Gasteiger partial charge in [-0.15, -0.1) is 65.7 Å². The molecule has 0 spiro atoms. The molecule has 0 N–H and O–H groups in total. The van der Waals surface area contributed by atoms with E-state index < -0.39 is 23.3 Å². The van der Waals surface area contributed by atoms with Gasteiger partial charge >= 0.3 is 0 Å². The van der Waals surface area contributed by atoms with Gasteiger partial charge in [0.05, 0.1) is 16.1 Å². The van der Waals surface area contributed by atoms with Crippen LogP contribution in [-0.2, 0) is 24.7 Å². The topological polar surface area (TPSA) is 42.9 Å². The van der Waals surface area contributed by atoms with E-state index in [0.29, 0.717) is 0 Å². The van der Waals surface area contributed by atoms with Gasteiger partial charge in [-0.3, -0.25) is 0 Å². The van der Waals surface area contributed by atoms with E-state index in [1.807, 2.05) is 116 Å². The Hall–Kier alpha value is -3.51. The average Bonchev–Trinajstić information content (AvgIpc) is 3.08. The Balaban J connectivity index is 0.000000258. The Morgan fingerprint density at radius 1 is 0.562 bits per heavy atom. The third-order valence-corrected chi connectivity index (χ3v) is 15.4. The second-order valence-corrected chi connectivity index (χ2v) is 26.7. The van der Waals surface area contributed by atoms with Crippen molar-refractivity contribution in [3.63, 3.8) is 0 Å². The summed E-state index contributed by atoms with van der Waals surface area (Å²) in [4.78, 5) is 9.28. The molecule has 0 unspecified atom stereocenters. The van der Waals surface area contributed by atoms with Crippen LogP contribution in [0, 0.1) is 19.1 Å². The van der Waals surface area contributed by atoms with Crippen molar-refractivity contribution in [2.75, 3.05) is 0 Å². The number of hydrogen-bond donors (Lipinski definition) is 0. The molecule has 1 radical (unpaired) electrons. The SMILES string of the molecule is C[Si](C)(C)c1ccc(-c2[c-]cccc2)nc1.Cc1cc(-c2[c-]ccc(P(=O)(c3ccccc3)c3ccccc3)c2)ncc1[Si](C)(C)C.[Ir]. The smallest absolute Gasteiger partial charge is 0.153 e. The summed E-state index contributed by atoms with van der Waals surface area (Å²) in [6.45, 7) is 16.1. The Morgan fingerprint density at radius 2 is 1.15 bits per heavy atom. The van der Waals surface area contributed by atoms with Crippen LogP contribution in [0.15, 0.2) is 134 Å². The molecular formula is C41H43IrN2OPSi2-2. The fraction of sp³-hybridized carbons (Fsp3) is 0.171. The molecule has 6 rings (SSSR count). The standard InChI is InChI=1S/C27H27NOPSi.C14H16NSi.Ir/c1-21-18-26(28-20-27(21)31(2,3)4)22-12-11-17-25(19-22)30(29,23-13-7-5-8-14-23)24-15-9-6-10-16-24;1-16(2,3)13-9-10-14(15-11-13)12-7-5-4-6-8-12;/h5-11,13-20H,1-4H3;4-7,9-11H,1-3H3;/q2*-1;. The fourth-order valence-corrected chi connectivity index (χ4v) is 11.0. The monoisotopic (exact) mass is 859 g/mol. The summed E-state index contributed by atoms with van der Waals surface area (Å²) in [5.41, 5.74) is 5.06. The zero-order valence-electron chi connectivity index (χ0n) is 28.8. The van der Waals surface area contributed by atoms with Crippen molar-refractivity contribution < 1.29 is 24.7 Å². The minimum atomic E-state index is -3.01. The van der Waals surface area contributed by atoms with Gasteiger partial charge in [0.1, 0.15) is 0 Å². The first-order valence-corrected chi connectivity index (χ1v) is 24.7. The van der Waals surface area contributed by atoms with Crippen molar-refractivity contribution in [3.05, 3.63) is 151 Å². The molecule has 3 nitrogen and oxygen atoms in total. The summed E-state index contributed by atoms with van der Waals surface area (Å²) < 4.78 is 14.6. The Kier molecular flexibility index (Phi) is 12.3. The predicted octanol–water partition coefficient (Wildman–Crippen LogP) is 8.13. The summed E-state index contributed by atoms with van der Waals surface area (Å²) in [5, 5.41) is 5.22. The average molecular weight is 859 g/mol. The minimum absolute atomic E-state index is 0. The predicted molar refractivity (Wildman–Crippen MR) is 207 cm³/mol. The third kappa shape index (κ3) is 8.74. The van der Waals surface area contributed by atoms with E-state index in [1.165, 1.54) is 15.9 Å². The first-order chi connectivity index (χ1) is 22.4. The van der Waals surface area contributed by atoms with Crippen LogP contribution >= 0.6 is 7.14 Å². The van der Waals surface area contributed by atoms with Crippen LogP contribution in [0.4, 0.5) is 0 Å². The minimum Gasteiger partial charge on any atom is -0.310 e. The third-order valence-electron chi connectivity index (χ3n) is 8.20. The summed E-state index contributed by atoms with van der Waals surface area (Å²) in [5.74, 6) is 0. The van der Waals surface area contributed by atoms with Gasteiger partial charge in [-0.1, -0.05) is 129 Å². The molecule has 0 aliphatic heterocycles. The first kappa shape index (κ1) is 37.3. The zero-order valence-corrected chi connectivity index (χ0v) is 34.1. The number of pyridine rings is 2. The van der Waals surface area contributed by atoms with Gasteiger partial charge in [0, 0.05) is 43.1 Å². The van der Waals surface area contributed by atoms with E-state index in [1.54, 1.807) is 0 Å². The molecule has 2 heterocycles. The summed E-state index contributed by atoms with van der Waals surface area (Å²) >= 11 is 0. The molecule has 0 aliphatic carbocycles. The molecule has 0 fully saturated rings. The Bertz CT molecular complexity index is 1930. The molecule has 7 heteroatoms. The van der Waals surface area contributed by atoms with E-state index in [2.05, 4.69) is 81.5 Å². The normalized spacial score (nSPS) is 11.6. The van der Waals surface area contributed by atoms with Crippen molar-refractivity contribution in [2.45, 2.75) is 46.2 Å². The van der Waals surface area contributed by atoms with Crippen molar-refractivity contribution in [2.24, 2.45) is 0 Å². The molecule has 247 valence electrons. The van der Waals surface area contributed by atoms with E-state index in [9.17, 15) is 4.57 Å². The van der Waals surface area contributed by atoms with Crippen LogP contribution in [0.25, 0.3) is 22.5 Å². The first-order valence-electron chi connectivity index (χ1n) is 16.0. The molecule has 0 saturated carbocycles. The van der Waals surface area contributed by atoms with Crippen LogP contribution in [0.1, 0.15) is 5.56 Å². The number of nitrogens with zero attached hydrogens (tertiary/aromatic N) is 2. The molecular weight excluding hydrogens is 816 g/mol. The van der Waals surface area contributed by atoms with Gasteiger partial charge in [0.2, 0.25) is 0 Å². The molecule has 0 bridgehead atoms. The number of hydrogen-bond acceptors (Lipinski definition) is 3. The Morgan fingerprint density at radius 3 is 1.65 bits per heavy atom. The maximum Gasteiger partial charge on any atom is 0.153 e. The van der Waals surface area contributed by atoms with Crippen LogP contribution in [-0.4, -0.2) is 26.1 Å². The number of rotatable bonds is 7. The van der Waals surface area contributed by atoms with E-state index >= 15 is 0 Å². The largest absolute Gasteiger partial charge is 0.310 e. The van der Waals surface area contributed by atoms with Gasteiger partial charge in [-0.25, -0.2) is 0 Å². The molecule has 0 aliphatic rings. The molecule has 48 heavy (non-hydrogen) atoms. The molecule has 0 atom stereocenters. The molecule has 0 amide bonds. The summed E-state index contributed by atoms with van der Waals surface area (Å²) in [6.07, 6.45) is 4.04. The molecule has 2 aromatic heterocycles. The summed E-state index contributed by atoms with van der Waals surface area (Å²) in [7, 11) is -5.69.